The predicted molar refractivity (Wildman–Crippen MR) is 60.4 cm³/mol. The molecule has 14 heavy (non-hydrogen) atoms. The van der Waals surface area contributed by atoms with E-state index in [1.165, 1.54) is 5.39 Å². The Hall–Kier alpha value is -1.35. The molecule has 0 amide bonds. The van der Waals surface area contributed by atoms with E-state index in [1.54, 1.807) is 0 Å². The summed E-state index contributed by atoms with van der Waals surface area (Å²) in [5.41, 5.74) is 2.25. The van der Waals surface area contributed by atoms with Crippen LogP contribution in [0.4, 0.5) is 0 Å². The molecule has 3 heteroatoms. The quantitative estimate of drug-likeness (QED) is 0.596. The van der Waals surface area contributed by atoms with Gasteiger partial charge in [0.25, 0.3) is 0 Å². The Morgan fingerprint density at radius 3 is 2.93 bits per heavy atom. The first-order valence-electron chi connectivity index (χ1n) is 4.37. The van der Waals surface area contributed by atoms with Crippen LogP contribution < -0.4 is 0 Å². The molecular formula is C11H7BrN2. The Morgan fingerprint density at radius 2 is 2.00 bits per heavy atom. The first-order valence-corrected chi connectivity index (χ1v) is 5.16. The summed E-state index contributed by atoms with van der Waals surface area (Å²) in [6.07, 6.45) is 1.82. The fourth-order valence-corrected chi connectivity index (χ4v) is 2.17. The van der Waals surface area contributed by atoms with Gasteiger partial charge in [-0.3, -0.25) is 0 Å². The Balaban J connectivity index is 2.64. The fourth-order valence-electron chi connectivity index (χ4n) is 1.69. The molecule has 0 bridgehead atoms. The number of halogens is 1. The molecule has 2 aromatic heterocycles. The third-order valence-corrected chi connectivity index (χ3v) is 3.04. The minimum atomic E-state index is 1.10. The van der Waals surface area contributed by atoms with E-state index in [1.807, 2.05) is 28.9 Å². The third kappa shape index (κ3) is 0.990. The normalized spacial score (nSPS) is 11.2. The molecule has 0 atom stereocenters. The lowest BCUT2D eigenvalue weighted by Gasteiger charge is -2.02. The van der Waals surface area contributed by atoms with Gasteiger partial charge >= 0.3 is 0 Å². The molecule has 0 aliphatic heterocycles. The van der Waals surface area contributed by atoms with Gasteiger partial charge in [-0.1, -0.05) is 22.0 Å². The molecular weight excluding hydrogens is 240 g/mol. The van der Waals surface area contributed by atoms with E-state index in [2.05, 4.69) is 39.2 Å². The molecule has 0 spiro atoms. The first-order chi connectivity index (χ1) is 6.86. The van der Waals surface area contributed by atoms with Crippen molar-refractivity contribution in [3.05, 3.63) is 47.1 Å². The zero-order valence-corrected chi connectivity index (χ0v) is 8.90. The standard InChI is InChI=1S/C11H7BrN2/c12-10-2-1-3-11-9(10)5-4-8-6-7-13-14(8)11/h1-7H. The van der Waals surface area contributed by atoms with Gasteiger partial charge in [-0.15, -0.1) is 0 Å². The van der Waals surface area contributed by atoms with Crippen LogP contribution in [0.2, 0.25) is 0 Å². The monoisotopic (exact) mass is 246 g/mol. The van der Waals surface area contributed by atoms with Crippen molar-refractivity contribution < 1.29 is 0 Å². The van der Waals surface area contributed by atoms with Gasteiger partial charge in [0.1, 0.15) is 0 Å². The van der Waals surface area contributed by atoms with Crippen LogP contribution in [0.3, 0.4) is 0 Å². The zero-order chi connectivity index (χ0) is 9.54. The second-order valence-corrected chi connectivity index (χ2v) is 4.03. The number of benzene rings is 1. The molecule has 0 N–H and O–H groups in total. The van der Waals surface area contributed by atoms with E-state index in [0.717, 1.165) is 15.5 Å². The number of hydrogen-bond acceptors (Lipinski definition) is 1. The molecule has 0 unspecified atom stereocenters. The summed E-state index contributed by atoms with van der Waals surface area (Å²) in [6.45, 7) is 0. The number of nitrogens with zero attached hydrogens (tertiary/aromatic N) is 2. The van der Waals surface area contributed by atoms with Crippen LogP contribution in [0.15, 0.2) is 47.1 Å². The van der Waals surface area contributed by atoms with Crippen molar-refractivity contribution in [2.45, 2.75) is 0 Å². The van der Waals surface area contributed by atoms with Crippen LogP contribution in [0.25, 0.3) is 16.4 Å². The highest BCUT2D eigenvalue weighted by Crippen LogP contribution is 2.24. The molecule has 3 aromatic rings. The van der Waals surface area contributed by atoms with Crippen molar-refractivity contribution in [3.8, 4) is 0 Å². The maximum absolute atomic E-state index is 4.28. The first kappa shape index (κ1) is 8.00. The van der Waals surface area contributed by atoms with Crippen molar-refractivity contribution in [1.29, 1.82) is 0 Å². The molecule has 1 aromatic carbocycles. The Morgan fingerprint density at radius 1 is 1.07 bits per heavy atom. The molecule has 2 nitrogen and oxygen atoms in total. The minimum absolute atomic E-state index is 1.10. The highest BCUT2D eigenvalue weighted by atomic mass is 79.9. The fraction of sp³-hybridized carbons (Fsp3) is 0. The molecule has 2 heterocycles. The smallest absolute Gasteiger partial charge is 0.0736 e. The summed E-state index contributed by atoms with van der Waals surface area (Å²) >= 11 is 3.53. The topological polar surface area (TPSA) is 17.3 Å². The highest BCUT2D eigenvalue weighted by molar-refractivity contribution is 9.10. The Kier molecular flexibility index (Phi) is 1.61. The van der Waals surface area contributed by atoms with E-state index in [9.17, 15) is 0 Å². The van der Waals surface area contributed by atoms with Crippen molar-refractivity contribution >= 4 is 32.3 Å². The van der Waals surface area contributed by atoms with E-state index in [-0.39, 0.29) is 0 Å². The second-order valence-electron chi connectivity index (χ2n) is 3.17. The van der Waals surface area contributed by atoms with Crippen molar-refractivity contribution in [2.75, 3.05) is 0 Å². The van der Waals surface area contributed by atoms with Crippen LogP contribution in [0.5, 0.6) is 0 Å². The van der Waals surface area contributed by atoms with E-state index in [4.69, 9.17) is 0 Å². The van der Waals surface area contributed by atoms with Gasteiger partial charge < -0.3 is 0 Å². The van der Waals surface area contributed by atoms with Gasteiger partial charge in [-0.05, 0) is 30.3 Å². The second kappa shape index (κ2) is 2.82. The molecule has 3 rings (SSSR count). The number of rotatable bonds is 0. The molecule has 0 fully saturated rings. The molecule has 0 radical (unpaired) electrons. The summed E-state index contributed by atoms with van der Waals surface area (Å²) in [7, 11) is 0. The lowest BCUT2D eigenvalue weighted by Crippen LogP contribution is -1.89. The van der Waals surface area contributed by atoms with Gasteiger partial charge in [-0.2, -0.15) is 5.10 Å². The molecule has 0 saturated heterocycles. The SMILES string of the molecule is Brc1cccc2c1ccc1ccnn12. The van der Waals surface area contributed by atoms with E-state index < -0.39 is 0 Å². The molecule has 68 valence electrons. The van der Waals surface area contributed by atoms with Crippen LogP contribution >= 0.6 is 15.9 Å². The largest absolute Gasteiger partial charge is 0.233 e. The maximum Gasteiger partial charge on any atom is 0.0736 e. The summed E-state index contributed by atoms with van der Waals surface area (Å²) in [4.78, 5) is 0. The van der Waals surface area contributed by atoms with Crippen LogP contribution in [-0.2, 0) is 0 Å². The van der Waals surface area contributed by atoms with Crippen LogP contribution in [0, 0.1) is 0 Å². The average Bonchev–Trinajstić information content (AvgIpc) is 2.66. The average molecular weight is 247 g/mol. The zero-order valence-electron chi connectivity index (χ0n) is 7.31. The van der Waals surface area contributed by atoms with Gasteiger partial charge in [-0.25, -0.2) is 4.52 Å². The minimum Gasteiger partial charge on any atom is -0.233 e. The van der Waals surface area contributed by atoms with Crippen LogP contribution in [0.1, 0.15) is 0 Å². The van der Waals surface area contributed by atoms with Crippen LogP contribution in [-0.4, -0.2) is 9.61 Å². The summed E-state index contributed by atoms with van der Waals surface area (Å²) in [5.74, 6) is 0. The van der Waals surface area contributed by atoms with Crippen molar-refractivity contribution in [3.63, 3.8) is 0 Å². The molecule has 0 aliphatic carbocycles. The maximum atomic E-state index is 4.28. The summed E-state index contributed by atoms with van der Waals surface area (Å²) < 4.78 is 3.05. The van der Waals surface area contributed by atoms with E-state index >= 15 is 0 Å². The number of aromatic nitrogens is 2. The van der Waals surface area contributed by atoms with Gasteiger partial charge in [0, 0.05) is 9.86 Å². The Bertz CT molecular complexity index is 613. The third-order valence-electron chi connectivity index (χ3n) is 2.35. The lowest BCUT2D eigenvalue weighted by molar-refractivity contribution is 1.00. The van der Waals surface area contributed by atoms with Gasteiger partial charge in [0.05, 0.1) is 17.2 Å². The summed E-state index contributed by atoms with van der Waals surface area (Å²) in [6, 6.07) is 12.3. The van der Waals surface area contributed by atoms with Crippen molar-refractivity contribution in [1.82, 2.24) is 9.61 Å². The van der Waals surface area contributed by atoms with Gasteiger partial charge in [0.2, 0.25) is 0 Å². The lowest BCUT2D eigenvalue weighted by atomic mass is 10.2. The number of fused-ring (bicyclic) bond motifs is 3. The number of pyridine rings is 1. The Labute approximate surface area is 89.3 Å². The predicted octanol–water partition coefficient (Wildman–Crippen LogP) is 3.25. The molecule has 0 aliphatic rings. The van der Waals surface area contributed by atoms with Gasteiger partial charge in [0.15, 0.2) is 0 Å². The van der Waals surface area contributed by atoms with Crippen molar-refractivity contribution in [2.24, 2.45) is 0 Å². The number of hydrogen-bond donors (Lipinski definition) is 0. The molecule has 0 saturated carbocycles. The van der Waals surface area contributed by atoms with E-state index in [0.29, 0.717) is 0 Å². The highest BCUT2D eigenvalue weighted by Gasteiger charge is 2.02. The summed E-state index contributed by atoms with van der Waals surface area (Å²) in [5, 5.41) is 5.47.